The predicted molar refractivity (Wildman–Crippen MR) is 146 cm³/mol. The highest BCUT2D eigenvalue weighted by Gasteiger charge is 2.31. The first kappa shape index (κ1) is 28.9. The zero-order valence-corrected chi connectivity index (χ0v) is 23.6. The first-order chi connectivity index (χ1) is 16.9. The zero-order chi connectivity index (χ0) is 26.6. The van der Waals surface area contributed by atoms with Crippen LogP contribution in [0.4, 0.5) is 5.69 Å². The van der Waals surface area contributed by atoms with Crippen molar-refractivity contribution < 1.29 is 18.0 Å². The molecule has 0 radical (unpaired) electrons. The van der Waals surface area contributed by atoms with Crippen molar-refractivity contribution in [1.82, 2.24) is 10.2 Å². The van der Waals surface area contributed by atoms with E-state index < -0.39 is 28.5 Å². The molecule has 2 aromatic rings. The van der Waals surface area contributed by atoms with E-state index in [1.165, 1.54) is 23.1 Å². The Balaban J connectivity index is 1.91. The maximum atomic E-state index is 13.6. The number of rotatable bonds is 9. The molecule has 1 saturated carbocycles. The standard InChI is InChI=1S/C24H27Cl4N3O4S/c1-15(24(33)29-17-5-3-4-6-17)30(13-16-7-9-19(25)21(27)11-16)23(32)14-31(36(2,34)35)18-8-10-20(26)22(28)12-18/h7-12,15,17H,3-6,13-14H2,1-2H3,(H,29,33). The van der Waals surface area contributed by atoms with Crippen LogP contribution in [0.3, 0.4) is 0 Å². The maximum Gasteiger partial charge on any atom is 0.244 e. The Bertz CT molecular complexity index is 1240. The Morgan fingerprint density at radius 3 is 2.11 bits per heavy atom. The first-order valence-corrected chi connectivity index (χ1v) is 14.7. The van der Waals surface area contributed by atoms with Crippen molar-refractivity contribution in [2.24, 2.45) is 0 Å². The Labute approximate surface area is 231 Å². The third-order valence-electron chi connectivity index (χ3n) is 6.08. The summed E-state index contributed by atoms with van der Waals surface area (Å²) in [7, 11) is -3.88. The predicted octanol–water partition coefficient (Wildman–Crippen LogP) is 5.54. The van der Waals surface area contributed by atoms with Crippen LogP contribution in [0.5, 0.6) is 0 Å². The minimum atomic E-state index is -3.88. The molecule has 7 nitrogen and oxygen atoms in total. The van der Waals surface area contributed by atoms with E-state index in [2.05, 4.69) is 5.32 Å². The lowest BCUT2D eigenvalue weighted by Gasteiger charge is -2.32. The summed E-state index contributed by atoms with van der Waals surface area (Å²) in [5.41, 5.74) is 0.816. The zero-order valence-electron chi connectivity index (χ0n) is 19.8. The highest BCUT2D eigenvalue weighted by atomic mass is 35.5. The summed E-state index contributed by atoms with van der Waals surface area (Å²) in [4.78, 5) is 28.0. The molecule has 1 fully saturated rings. The number of benzene rings is 2. The van der Waals surface area contributed by atoms with E-state index in [4.69, 9.17) is 46.4 Å². The van der Waals surface area contributed by atoms with E-state index >= 15 is 0 Å². The SMILES string of the molecule is CC(C(=O)NC1CCCC1)N(Cc1ccc(Cl)c(Cl)c1)C(=O)CN(c1ccc(Cl)c(Cl)c1)S(C)(=O)=O. The number of hydrogen-bond acceptors (Lipinski definition) is 4. The van der Waals surface area contributed by atoms with E-state index in [0.29, 0.717) is 15.6 Å². The maximum absolute atomic E-state index is 13.6. The van der Waals surface area contributed by atoms with Gasteiger partial charge in [-0.2, -0.15) is 0 Å². The van der Waals surface area contributed by atoms with Gasteiger partial charge in [-0.15, -0.1) is 0 Å². The third-order valence-corrected chi connectivity index (χ3v) is 8.69. The van der Waals surface area contributed by atoms with Crippen molar-refractivity contribution in [1.29, 1.82) is 0 Å². The van der Waals surface area contributed by atoms with Gasteiger partial charge in [0.15, 0.2) is 0 Å². The molecule has 1 N–H and O–H groups in total. The number of sulfonamides is 1. The smallest absolute Gasteiger partial charge is 0.244 e. The Hall–Kier alpha value is -1.71. The molecule has 36 heavy (non-hydrogen) atoms. The molecule has 12 heteroatoms. The van der Waals surface area contributed by atoms with Crippen LogP contribution in [0.15, 0.2) is 36.4 Å². The fourth-order valence-corrected chi connectivity index (χ4v) is 5.52. The molecule has 196 valence electrons. The molecule has 2 aromatic carbocycles. The number of nitrogens with one attached hydrogen (secondary N) is 1. The summed E-state index contributed by atoms with van der Waals surface area (Å²) in [6.07, 6.45) is 4.84. The highest BCUT2D eigenvalue weighted by Crippen LogP contribution is 2.29. The van der Waals surface area contributed by atoms with E-state index in [0.717, 1.165) is 36.2 Å². The largest absolute Gasteiger partial charge is 0.352 e. The molecule has 1 atom stereocenters. The number of anilines is 1. The van der Waals surface area contributed by atoms with Crippen molar-refractivity contribution in [3.8, 4) is 0 Å². The van der Waals surface area contributed by atoms with Crippen molar-refractivity contribution in [3.05, 3.63) is 62.1 Å². The lowest BCUT2D eigenvalue weighted by molar-refractivity contribution is -0.139. The van der Waals surface area contributed by atoms with Crippen LogP contribution in [0.25, 0.3) is 0 Å². The summed E-state index contributed by atoms with van der Waals surface area (Å²) in [5.74, 6) is -0.887. The number of carbonyl (C=O) groups is 2. The van der Waals surface area contributed by atoms with Gasteiger partial charge in [-0.25, -0.2) is 8.42 Å². The fourth-order valence-electron chi connectivity index (χ4n) is 4.06. The average molecular weight is 595 g/mol. The van der Waals surface area contributed by atoms with Crippen molar-refractivity contribution in [2.45, 2.75) is 51.2 Å². The van der Waals surface area contributed by atoms with Gasteiger partial charge in [0.1, 0.15) is 12.6 Å². The second-order valence-corrected chi connectivity index (χ2v) is 12.3. The minimum Gasteiger partial charge on any atom is -0.352 e. The average Bonchev–Trinajstić information content (AvgIpc) is 3.31. The van der Waals surface area contributed by atoms with Crippen LogP contribution in [-0.4, -0.2) is 50.0 Å². The Morgan fingerprint density at radius 1 is 0.972 bits per heavy atom. The fraction of sp³-hybridized carbons (Fsp3) is 0.417. The second kappa shape index (κ2) is 12.2. The monoisotopic (exact) mass is 593 g/mol. The summed E-state index contributed by atoms with van der Waals surface area (Å²) < 4.78 is 26.2. The molecule has 0 aromatic heterocycles. The molecule has 0 spiro atoms. The van der Waals surface area contributed by atoms with Crippen LogP contribution < -0.4 is 9.62 Å². The van der Waals surface area contributed by atoms with Gasteiger partial charge in [0, 0.05) is 12.6 Å². The number of nitrogens with zero attached hydrogens (tertiary/aromatic N) is 2. The van der Waals surface area contributed by atoms with Crippen LogP contribution in [0, 0.1) is 0 Å². The second-order valence-electron chi connectivity index (χ2n) is 8.80. The van der Waals surface area contributed by atoms with Crippen molar-refractivity contribution >= 4 is 73.9 Å². The molecular formula is C24H27Cl4N3O4S. The number of amides is 2. The number of hydrogen-bond donors (Lipinski definition) is 1. The molecule has 2 amide bonds. The van der Waals surface area contributed by atoms with Crippen molar-refractivity contribution in [3.63, 3.8) is 0 Å². The molecule has 3 rings (SSSR count). The van der Waals surface area contributed by atoms with Gasteiger partial charge < -0.3 is 10.2 Å². The highest BCUT2D eigenvalue weighted by molar-refractivity contribution is 7.92. The number of carbonyl (C=O) groups excluding carboxylic acids is 2. The van der Waals surface area contributed by atoms with Crippen LogP contribution in [0.2, 0.25) is 20.1 Å². The normalized spacial score (nSPS) is 14.9. The molecule has 0 saturated heterocycles. The quantitative estimate of drug-likeness (QED) is 0.413. The van der Waals surface area contributed by atoms with Gasteiger partial charge in [-0.3, -0.25) is 13.9 Å². The number of halogens is 4. The van der Waals surface area contributed by atoms with Crippen LogP contribution >= 0.6 is 46.4 Å². The Kier molecular flexibility index (Phi) is 9.80. The molecule has 1 aliphatic carbocycles. The van der Waals surface area contributed by atoms with Crippen LogP contribution in [-0.2, 0) is 26.2 Å². The van der Waals surface area contributed by atoms with E-state index in [1.54, 1.807) is 25.1 Å². The van der Waals surface area contributed by atoms with E-state index in [1.807, 2.05) is 0 Å². The lowest BCUT2D eigenvalue weighted by Crippen LogP contribution is -2.52. The lowest BCUT2D eigenvalue weighted by atomic mass is 10.1. The molecule has 0 bridgehead atoms. The topological polar surface area (TPSA) is 86.8 Å². The van der Waals surface area contributed by atoms with Gasteiger partial charge in [-0.05, 0) is 55.7 Å². The van der Waals surface area contributed by atoms with Gasteiger partial charge in [0.2, 0.25) is 21.8 Å². The Morgan fingerprint density at radius 2 is 1.56 bits per heavy atom. The summed E-state index contributed by atoms with van der Waals surface area (Å²) in [6.45, 7) is 1.09. The molecule has 0 heterocycles. The van der Waals surface area contributed by atoms with E-state index in [9.17, 15) is 18.0 Å². The van der Waals surface area contributed by atoms with Gasteiger partial charge in [0.25, 0.3) is 0 Å². The van der Waals surface area contributed by atoms with Gasteiger partial charge >= 0.3 is 0 Å². The van der Waals surface area contributed by atoms with Gasteiger partial charge in [0.05, 0.1) is 32.0 Å². The molecule has 1 aliphatic rings. The summed E-state index contributed by atoms with van der Waals surface area (Å²) in [6, 6.07) is 8.38. The summed E-state index contributed by atoms with van der Waals surface area (Å²) in [5, 5.41) is 4.06. The minimum absolute atomic E-state index is 0.0218. The summed E-state index contributed by atoms with van der Waals surface area (Å²) >= 11 is 24.3. The van der Waals surface area contributed by atoms with Crippen molar-refractivity contribution in [2.75, 3.05) is 17.1 Å². The molecular weight excluding hydrogens is 568 g/mol. The van der Waals surface area contributed by atoms with Gasteiger partial charge in [-0.1, -0.05) is 65.3 Å². The first-order valence-electron chi connectivity index (χ1n) is 11.3. The molecule has 0 aliphatic heterocycles. The third kappa shape index (κ3) is 7.42. The molecule has 1 unspecified atom stereocenters. The van der Waals surface area contributed by atoms with E-state index in [-0.39, 0.29) is 34.2 Å². The van der Waals surface area contributed by atoms with Crippen LogP contribution in [0.1, 0.15) is 38.2 Å².